The molecule has 3 nitrogen and oxygen atoms in total. The van der Waals surface area contributed by atoms with Crippen LogP contribution >= 0.6 is 7.60 Å². The van der Waals surface area contributed by atoms with Gasteiger partial charge in [-0.3, -0.25) is 0 Å². The smallest absolute Gasteiger partial charge is 0.401 e. The third kappa shape index (κ3) is 6.24. The first-order valence-electron chi connectivity index (χ1n) is 2.95. The molecule has 1 atom stereocenters. The molecule has 0 fully saturated rings. The van der Waals surface area contributed by atoms with Crippen molar-refractivity contribution in [3.63, 3.8) is 0 Å². The van der Waals surface area contributed by atoms with E-state index in [-0.39, 0.29) is 0 Å². The number of rotatable bonds is 3. The van der Waals surface area contributed by atoms with E-state index >= 15 is 0 Å². The molecule has 72 valence electrons. The van der Waals surface area contributed by atoms with Crippen molar-refractivity contribution in [2.75, 3.05) is 6.16 Å². The molecule has 0 aliphatic carbocycles. The standard InChI is InChI=1S/C5H8F3O3P/c1-2-3-11-12(9,10)4-5(6,7)8/h2-3H,4H2,1H3,(H,9,10). The van der Waals surface area contributed by atoms with Crippen LogP contribution in [0.5, 0.6) is 0 Å². The lowest BCUT2D eigenvalue weighted by molar-refractivity contribution is -0.109. The van der Waals surface area contributed by atoms with Crippen molar-refractivity contribution in [3.8, 4) is 0 Å². The van der Waals surface area contributed by atoms with Crippen molar-refractivity contribution in [1.82, 2.24) is 0 Å². The van der Waals surface area contributed by atoms with Crippen LogP contribution in [-0.2, 0) is 9.09 Å². The van der Waals surface area contributed by atoms with Gasteiger partial charge in [-0.05, 0) is 6.92 Å². The number of hydrogen-bond donors (Lipinski definition) is 1. The van der Waals surface area contributed by atoms with Crippen LogP contribution in [0.4, 0.5) is 13.2 Å². The Hall–Kier alpha value is -0.480. The Morgan fingerprint density at radius 1 is 1.58 bits per heavy atom. The Morgan fingerprint density at radius 2 is 2.08 bits per heavy atom. The van der Waals surface area contributed by atoms with Crippen LogP contribution in [0.1, 0.15) is 6.92 Å². The van der Waals surface area contributed by atoms with E-state index in [1.165, 1.54) is 13.0 Å². The average Bonchev–Trinajstić information content (AvgIpc) is 1.78. The number of halogens is 3. The summed E-state index contributed by atoms with van der Waals surface area (Å²) in [6.07, 6.45) is -4.54. The van der Waals surface area contributed by atoms with Gasteiger partial charge >= 0.3 is 13.8 Å². The van der Waals surface area contributed by atoms with Gasteiger partial charge in [-0.25, -0.2) is 4.57 Å². The Morgan fingerprint density at radius 3 is 2.42 bits per heavy atom. The second kappa shape index (κ2) is 3.96. The number of allylic oxidation sites excluding steroid dienone is 1. The zero-order valence-corrected chi connectivity index (χ0v) is 7.10. The molecule has 0 radical (unpaired) electrons. The third-order valence-electron chi connectivity index (χ3n) is 0.741. The van der Waals surface area contributed by atoms with E-state index < -0.39 is 19.9 Å². The molecular formula is C5H8F3O3P. The molecule has 0 rings (SSSR count). The van der Waals surface area contributed by atoms with Crippen molar-refractivity contribution in [3.05, 3.63) is 12.3 Å². The molecule has 0 amide bonds. The lowest BCUT2D eigenvalue weighted by atomic mass is 10.8. The van der Waals surface area contributed by atoms with E-state index in [4.69, 9.17) is 4.89 Å². The maximum atomic E-state index is 11.5. The second-order valence-corrected chi connectivity index (χ2v) is 3.79. The SMILES string of the molecule is CC=COP(=O)(O)CC(F)(F)F. The van der Waals surface area contributed by atoms with Gasteiger partial charge in [0.25, 0.3) is 0 Å². The molecule has 0 aromatic heterocycles. The Bertz CT molecular complexity index is 210. The summed E-state index contributed by atoms with van der Waals surface area (Å²) in [5, 5.41) is 0. The van der Waals surface area contributed by atoms with Crippen LogP contribution in [0.2, 0.25) is 0 Å². The van der Waals surface area contributed by atoms with Gasteiger partial charge in [0.05, 0.1) is 6.26 Å². The van der Waals surface area contributed by atoms with E-state index in [2.05, 4.69) is 4.52 Å². The molecule has 12 heavy (non-hydrogen) atoms. The molecule has 0 aliphatic rings. The van der Waals surface area contributed by atoms with Crippen molar-refractivity contribution >= 4 is 7.60 Å². The maximum absolute atomic E-state index is 11.5. The average molecular weight is 204 g/mol. The summed E-state index contributed by atoms with van der Waals surface area (Å²) in [6, 6.07) is 0. The molecule has 0 saturated heterocycles. The molecule has 0 aromatic carbocycles. The van der Waals surface area contributed by atoms with E-state index in [9.17, 15) is 17.7 Å². The first-order chi connectivity index (χ1) is 5.27. The van der Waals surface area contributed by atoms with E-state index in [0.29, 0.717) is 0 Å². The number of hydrogen-bond acceptors (Lipinski definition) is 2. The predicted octanol–water partition coefficient (Wildman–Crippen LogP) is 2.28. The van der Waals surface area contributed by atoms with Crippen molar-refractivity contribution in [2.45, 2.75) is 13.1 Å². The number of alkyl halides is 3. The van der Waals surface area contributed by atoms with Gasteiger partial charge in [-0.1, -0.05) is 6.08 Å². The summed E-state index contributed by atoms with van der Waals surface area (Å²) in [7, 11) is -4.54. The Balaban J connectivity index is 4.14. The van der Waals surface area contributed by atoms with Crippen LogP contribution in [0.3, 0.4) is 0 Å². The minimum absolute atomic E-state index is 0.756. The van der Waals surface area contributed by atoms with Gasteiger partial charge in [0, 0.05) is 0 Å². The highest BCUT2D eigenvalue weighted by atomic mass is 31.2. The molecule has 1 N–H and O–H groups in total. The monoisotopic (exact) mass is 204 g/mol. The normalized spacial score (nSPS) is 17.8. The van der Waals surface area contributed by atoms with Crippen molar-refractivity contribution in [2.24, 2.45) is 0 Å². The fourth-order valence-corrected chi connectivity index (χ4v) is 1.26. The maximum Gasteiger partial charge on any atom is 0.401 e. The molecule has 0 aromatic rings. The third-order valence-corrected chi connectivity index (χ3v) is 1.95. The van der Waals surface area contributed by atoms with Gasteiger partial charge < -0.3 is 9.42 Å². The fraction of sp³-hybridized carbons (Fsp3) is 0.600. The van der Waals surface area contributed by atoms with Crippen LogP contribution in [0.25, 0.3) is 0 Å². The Labute approximate surface area is 67.4 Å². The highest BCUT2D eigenvalue weighted by Gasteiger charge is 2.39. The summed E-state index contributed by atoms with van der Waals surface area (Å²) >= 11 is 0. The van der Waals surface area contributed by atoms with Gasteiger partial charge in [0.1, 0.15) is 0 Å². The zero-order chi connectivity index (χ0) is 9.83. The first kappa shape index (κ1) is 11.5. The minimum Gasteiger partial charge on any atom is -0.433 e. The van der Waals surface area contributed by atoms with Crippen LogP contribution in [-0.4, -0.2) is 17.2 Å². The van der Waals surface area contributed by atoms with Gasteiger partial charge in [0.2, 0.25) is 0 Å². The molecule has 0 heterocycles. The summed E-state index contributed by atoms with van der Waals surface area (Å²) in [4.78, 5) is 8.54. The zero-order valence-electron chi connectivity index (χ0n) is 6.21. The predicted molar refractivity (Wildman–Crippen MR) is 36.6 cm³/mol. The minimum atomic E-state index is -4.69. The molecule has 7 heteroatoms. The van der Waals surface area contributed by atoms with E-state index in [1.54, 1.807) is 0 Å². The van der Waals surface area contributed by atoms with Gasteiger partial charge in [-0.2, -0.15) is 13.2 Å². The van der Waals surface area contributed by atoms with E-state index in [0.717, 1.165) is 6.26 Å². The molecule has 0 saturated carbocycles. The molecule has 1 unspecified atom stereocenters. The van der Waals surface area contributed by atoms with Crippen molar-refractivity contribution in [1.29, 1.82) is 0 Å². The summed E-state index contributed by atoms with van der Waals surface area (Å²) < 4.78 is 49.1. The Kier molecular flexibility index (Phi) is 3.80. The van der Waals surface area contributed by atoms with Crippen LogP contribution in [0, 0.1) is 0 Å². The quantitative estimate of drug-likeness (QED) is 0.566. The molecular weight excluding hydrogens is 196 g/mol. The van der Waals surface area contributed by atoms with Crippen LogP contribution < -0.4 is 0 Å². The lowest BCUT2D eigenvalue weighted by Gasteiger charge is -2.11. The topological polar surface area (TPSA) is 46.5 Å². The van der Waals surface area contributed by atoms with Gasteiger partial charge in [0.15, 0.2) is 6.16 Å². The summed E-state index contributed by atoms with van der Waals surface area (Å²) in [5.41, 5.74) is 0. The second-order valence-electron chi connectivity index (χ2n) is 1.99. The van der Waals surface area contributed by atoms with Crippen molar-refractivity contribution < 1.29 is 27.2 Å². The molecule has 0 aliphatic heterocycles. The summed E-state index contributed by atoms with van der Waals surface area (Å²) in [6.45, 7) is 1.45. The van der Waals surface area contributed by atoms with E-state index in [1.807, 2.05) is 0 Å². The highest BCUT2D eigenvalue weighted by Crippen LogP contribution is 2.46. The fourth-order valence-electron chi connectivity index (χ4n) is 0.420. The lowest BCUT2D eigenvalue weighted by Crippen LogP contribution is -2.14. The highest BCUT2D eigenvalue weighted by molar-refractivity contribution is 7.53. The molecule has 0 spiro atoms. The largest absolute Gasteiger partial charge is 0.433 e. The summed E-state index contributed by atoms with van der Waals surface area (Å²) in [5.74, 6) is 0. The van der Waals surface area contributed by atoms with Crippen LogP contribution in [0.15, 0.2) is 12.3 Å². The van der Waals surface area contributed by atoms with Gasteiger partial charge in [-0.15, -0.1) is 0 Å². The molecule has 0 bridgehead atoms. The first-order valence-corrected chi connectivity index (χ1v) is 4.71.